The number of carbonyl (C=O) groups is 1. The van der Waals surface area contributed by atoms with Gasteiger partial charge in [-0.2, -0.15) is 0 Å². The van der Waals surface area contributed by atoms with Crippen molar-refractivity contribution in [1.82, 2.24) is 4.90 Å². The van der Waals surface area contributed by atoms with E-state index in [0.717, 1.165) is 10.5 Å². The summed E-state index contributed by atoms with van der Waals surface area (Å²) >= 11 is 5.30. The van der Waals surface area contributed by atoms with Crippen molar-refractivity contribution in [2.45, 2.75) is 45.6 Å². The average Bonchev–Trinajstić information content (AvgIpc) is 2.76. The van der Waals surface area contributed by atoms with Crippen LogP contribution in [-0.4, -0.2) is 42.6 Å². The first-order valence-electron chi connectivity index (χ1n) is 10.6. The lowest BCUT2D eigenvalue weighted by Gasteiger charge is -2.39. The molecule has 1 amide bonds. The first-order valence-corrected chi connectivity index (χ1v) is 11.0. The third kappa shape index (κ3) is 5.05. The van der Waals surface area contributed by atoms with E-state index < -0.39 is 39.6 Å². The maximum Gasteiger partial charge on any atom is 0.266 e. The molecule has 0 saturated carbocycles. The molecule has 2 aromatic carbocycles. The molecule has 0 aromatic heterocycles. The number of nitrogens with zero attached hydrogens (tertiary/aromatic N) is 2. The van der Waals surface area contributed by atoms with Crippen LogP contribution in [0.3, 0.4) is 0 Å². The van der Waals surface area contributed by atoms with Crippen LogP contribution in [0.4, 0.5) is 23.2 Å². The van der Waals surface area contributed by atoms with Crippen LogP contribution in [-0.2, 0) is 10.2 Å². The summed E-state index contributed by atoms with van der Waals surface area (Å²) in [6, 6.07) is 7.51. The van der Waals surface area contributed by atoms with Crippen molar-refractivity contribution in [1.29, 1.82) is 0 Å². The van der Waals surface area contributed by atoms with Gasteiger partial charge < -0.3 is 14.5 Å². The van der Waals surface area contributed by atoms with E-state index in [4.69, 9.17) is 16.3 Å². The highest BCUT2D eigenvalue weighted by Gasteiger charge is 2.37. The molecule has 0 radical (unpaired) electrons. The van der Waals surface area contributed by atoms with E-state index >= 15 is 0 Å². The molecule has 33 heavy (non-hydrogen) atoms. The number of halogens is 5. The summed E-state index contributed by atoms with van der Waals surface area (Å²) in [5, 5.41) is -1.23. The van der Waals surface area contributed by atoms with Gasteiger partial charge >= 0.3 is 0 Å². The molecule has 0 N–H and O–H groups in total. The molecule has 0 unspecified atom stereocenters. The Morgan fingerprint density at radius 2 is 1.33 bits per heavy atom. The van der Waals surface area contributed by atoms with E-state index in [1.807, 2.05) is 24.3 Å². The number of hydrogen-bond donors (Lipinski definition) is 0. The fourth-order valence-corrected chi connectivity index (χ4v) is 3.91. The summed E-state index contributed by atoms with van der Waals surface area (Å²) in [5.41, 5.74) is -0.903. The summed E-state index contributed by atoms with van der Waals surface area (Å²) in [4.78, 5) is 15.7. The van der Waals surface area contributed by atoms with E-state index in [0.29, 0.717) is 5.75 Å². The molecule has 0 spiro atoms. The number of rotatable bonds is 4. The van der Waals surface area contributed by atoms with Gasteiger partial charge in [-0.05, 0) is 37.0 Å². The fourth-order valence-electron chi connectivity index (χ4n) is 3.75. The molecule has 3 rings (SSSR count). The molecule has 1 aliphatic rings. The van der Waals surface area contributed by atoms with E-state index in [-0.39, 0.29) is 37.5 Å². The van der Waals surface area contributed by atoms with Crippen molar-refractivity contribution in [2.75, 3.05) is 31.1 Å². The van der Waals surface area contributed by atoms with E-state index in [2.05, 4.69) is 20.8 Å². The van der Waals surface area contributed by atoms with Crippen LogP contribution in [0, 0.1) is 23.3 Å². The Morgan fingerprint density at radius 1 is 0.848 bits per heavy atom. The van der Waals surface area contributed by atoms with Gasteiger partial charge in [0.2, 0.25) is 0 Å². The fraction of sp³-hybridized carbons (Fsp3) is 0.458. The molecule has 0 bridgehead atoms. The zero-order valence-corrected chi connectivity index (χ0v) is 20.0. The highest BCUT2D eigenvalue weighted by molar-refractivity contribution is 6.31. The average molecular weight is 487 g/mol. The highest BCUT2D eigenvalue weighted by Crippen LogP contribution is 2.34. The Bertz CT molecular complexity index is 1010. The van der Waals surface area contributed by atoms with Gasteiger partial charge in [-0.15, -0.1) is 0 Å². The van der Waals surface area contributed by atoms with E-state index in [9.17, 15) is 22.4 Å². The van der Waals surface area contributed by atoms with Crippen LogP contribution in [0.15, 0.2) is 24.3 Å². The second-order valence-electron chi connectivity index (χ2n) is 9.58. The van der Waals surface area contributed by atoms with Gasteiger partial charge in [0.15, 0.2) is 28.9 Å². The van der Waals surface area contributed by atoms with Crippen molar-refractivity contribution in [3.05, 3.63) is 58.1 Å². The van der Waals surface area contributed by atoms with Crippen LogP contribution in [0.2, 0.25) is 5.02 Å². The van der Waals surface area contributed by atoms with Crippen molar-refractivity contribution in [3.63, 3.8) is 0 Å². The number of carbonyl (C=O) groups excluding carboxylic acids is 1. The maximum atomic E-state index is 14.3. The van der Waals surface area contributed by atoms with Gasteiger partial charge in [-0.1, -0.05) is 44.5 Å². The smallest absolute Gasteiger partial charge is 0.266 e. The van der Waals surface area contributed by atoms with E-state index in [1.54, 1.807) is 13.8 Å². The monoisotopic (exact) mass is 486 g/mol. The molecular weight excluding hydrogens is 460 g/mol. The summed E-state index contributed by atoms with van der Waals surface area (Å²) in [6.07, 6.45) is 0. The quantitative estimate of drug-likeness (QED) is 0.316. The first-order chi connectivity index (χ1) is 15.2. The largest absolute Gasteiger partial charge is 0.478 e. The number of ether oxygens (including phenoxy) is 1. The minimum atomic E-state index is -1.64. The van der Waals surface area contributed by atoms with Crippen LogP contribution in [0.1, 0.15) is 40.2 Å². The number of piperazine rings is 1. The van der Waals surface area contributed by atoms with Gasteiger partial charge in [0.1, 0.15) is 16.5 Å². The van der Waals surface area contributed by atoms with Crippen LogP contribution < -0.4 is 9.64 Å². The van der Waals surface area contributed by atoms with Crippen molar-refractivity contribution >= 4 is 23.2 Å². The minimum Gasteiger partial charge on any atom is -0.478 e. The summed E-state index contributed by atoms with van der Waals surface area (Å²) < 4.78 is 62.1. The molecule has 180 valence electrons. The number of hydrogen-bond acceptors (Lipinski definition) is 3. The lowest BCUT2D eigenvalue weighted by molar-refractivity contribution is -0.145. The lowest BCUT2D eigenvalue weighted by atomic mass is 9.87. The standard InChI is InChI=1S/C24H27ClF4N2O2/c1-23(2,3)14-6-8-15(9-7-14)33-24(4,5)22(32)31-12-10-30(11-13-31)21-19(28)17(26)16(25)18(27)20(21)29/h6-9H,10-13H2,1-5H3. The van der Waals surface area contributed by atoms with Crippen molar-refractivity contribution in [3.8, 4) is 5.75 Å². The summed E-state index contributed by atoms with van der Waals surface area (Å²) in [7, 11) is 0. The molecular formula is C24H27ClF4N2O2. The van der Waals surface area contributed by atoms with Gasteiger partial charge in [-0.25, -0.2) is 17.6 Å². The normalized spacial score (nSPS) is 15.1. The Hall–Kier alpha value is -2.48. The molecule has 2 aromatic rings. The second kappa shape index (κ2) is 9.05. The molecule has 1 aliphatic heterocycles. The number of benzene rings is 2. The third-order valence-electron chi connectivity index (χ3n) is 5.68. The Labute approximate surface area is 196 Å². The maximum absolute atomic E-state index is 14.3. The molecule has 1 heterocycles. The van der Waals surface area contributed by atoms with Crippen molar-refractivity contribution < 1.29 is 27.1 Å². The summed E-state index contributed by atoms with van der Waals surface area (Å²) in [6.45, 7) is 9.73. The molecule has 4 nitrogen and oxygen atoms in total. The zero-order valence-electron chi connectivity index (χ0n) is 19.2. The minimum absolute atomic E-state index is 0.0155. The van der Waals surface area contributed by atoms with Gasteiger partial charge in [-0.3, -0.25) is 4.79 Å². The van der Waals surface area contributed by atoms with Crippen LogP contribution in [0.5, 0.6) is 5.75 Å². The predicted molar refractivity (Wildman–Crippen MR) is 120 cm³/mol. The highest BCUT2D eigenvalue weighted by atomic mass is 35.5. The Balaban J connectivity index is 1.69. The molecule has 9 heteroatoms. The molecule has 1 fully saturated rings. The molecule has 1 saturated heterocycles. The van der Waals surface area contributed by atoms with Gasteiger partial charge in [0.25, 0.3) is 5.91 Å². The number of amides is 1. The van der Waals surface area contributed by atoms with Gasteiger partial charge in [0, 0.05) is 26.2 Å². The lowest BCUT2D eigenvalue weighted by Crippen LogP contribution is -2.56. The topological polar surface area (TPSA) is 32.8 Å². The molecule has 0 aliphatic carbocycles. The van der Waals surface area contributed by atoms with E-state index in [1.165, 1.54) is 4.90 Å². The first kappa shape index (κ1) is 25.1. The summed E-state index contributed by atoms with van der Waals surface area (Å²) in [5.74, 6) is -6.16. The Morgan fingerprint density at radius 3 is 1.79 bits per heavy atom. The van der Waals surface area contributed by atoms with Crippen LogP contribution in [0.25, 0.3) is 0 Å². The predicted octanol–water partition coefficient (Wildman–Crippen LogP) is 5.70. The molecule has 0 atom stereocenters. The Kier molecular flexibility index (Phi) is 6.89. The number of anilines is 1. The third-order valence-corrected chi connectivity index (χ3v) is 6.01. The second-order valence-corrected chi connectivity index (χ2v) is 9.96. The SMILES string of the molecule is CC(C)(Oc1ccc(C(C)(C)C)cc1)C(=O)N1CCN(c2c(F)c(F)c(Cl)c(F)c2F)CC1. The van der Waals surface area contributed by atoms with Crippen molar-refractivity contribution in [2.24, 2.45) is 0 Å². The van der Waals surface area contributed by atoms with Gasteiger partial charge in [0.05, 0.1) is 0 Å². The van der Waals surface area contributed by atoms with Crippen LogP contribution >= 0.6 is 11.6 Å². The zero-order chi connectivity index (χ0) is 24.7.